The maximum atomic E-state index is 11.7. The second kappa shape index (κ2) is 16.6. The van der Waals surface area contributed by atoms with Crippen LogP contribution in [0, 0.1) is 11.8 Å². The van der Waals surface area contributed by atoms with Crippen molar-refractivity contribution in [1.29, 1.82) is 0 Å². The van der Waals surface area contributed by atoms with Gasteiger partial charge in [-0.25, -0.2) is 4.79 Å². The van der Waals surface area contributed by atoms with Gasteiger partial charge < -0.3 is 10.1 Å². The molecular weight excluding hydrogens is 273 g/mol. The predicted octanol–water partition coefficient (Wildman–Crippen LogP) is 4.50. The molecule has 4 heteroatoms. The van der Waals surface area contributed by atoms with Gasteiger partial charge in [0.1, 0.15) is 0 Å². The molecule has 1 N–H and O–H groups in total. The van der Waals surface area contributed by atoms with Crippen molar-refractivity contribution in [1.82, 2.24) is 5.32 Å². The van der Waals surface area contributed by atoms with E-state index in [0.717, 1.165) is 25.8 Å². The number of unbranched alkanes of at least 4 members (excludes halogenated alkanes) is 2. The SMILES string of the molecule is CCCCC(CC)CNC(=O)OCC(CC)CCCC.[NaH]. The van der Waals surface area contributed by atoms with Crippen LogP contribution in [0.1, 0.15) is 79.1 Å². The number of rotatable bonds is 12. The Balaban J connectivity index is 0. The quantitative estimate of drug-likeness (QED) is 0.539. The molecule has 0 aromatic heterocycles. The first-order chi connectivity index (χ1) is 9.67. The fourth-order valence-electron chi connectivity index (χ4n) is 2.31. The van der Waals surface area contributed by atoms with E-state index in [4.69, 9.17) is 4.74 Å². The summed E-state index contributed by atoms with van der Waals surface area (Å²) in [6, 6.07) is 0. The van der Waals surface area contributed by atoms with Crippen LogP contribution in [-0.4, -0.2) is 48.8 Å². The van der Waals surface area contributed by atoms with Gasteiger partial charge in [-0.15, -0.1) is 0 Å². The van der Waals surface area contributed by atoms with Gasteiger partial charge in [0.15, 0.2) is 0 Å². The van der Waals surface area contributed by atoms with Crippen LogP contribution in [0.25, 0.3) is 0 Å². The molecule has 0 saturated carbocycles. The molecule has 122 valence electrons. The van der Waals surface area contributed by atoms with E-state index in [1.165, 1.54) is 32.1 Å². The fourth-order valence-corrected chi connectivity index (χ4v) is 2.31. The summed E-state index contributed by atoms with van der Waals surface area (Å²) in [5, 5.41) is 2.92. The Morgan fingerprint density at radius 3 is 1.95 bits per heavy atom. The van der Waals surface area contributed by atoms with Crippen molar-refractivity contribution >= 4 is 35.7 Å². The van der Waals surface area contributed by atoms with E-state index in [9.17, 15) is 4.79 Å². The molecule has 0 spiro atoms. The van der Waals surface area contributed by atoms with Crippen LogP contribution in [0.5, 0.6) is 0 Å². The monoisotopic (exact) mass is 309 g/mol. The molecule has 0 radical (unpaired) electrons. The van der Waals surface area contributed by atoms with Gasteiger partial charge in [-0.05, 0) is 24.7 Å². The standard InChI is InChI=1S/C17H35NO2.Na.H/c1-5-9-11-15(7-3)13-18-17(19)20-14-16(8-4)12-10-6-2;;/h15-16H,5-14H2,1-4H3,(H,18,19);;. The zero-order chi connectivity index (χ0) is 15.2. The van der Waals surface area contributed by atoms with E-state index < -0.39 is 0 Å². The van der Waals surface area contributed by atoms with Crippen LogP contribution in [0.15, 0.2) is 0 Å². The van der Waals surface area contributed by atoms with E-state index in [-0.39, 0.29) is 35.7 Å². The third-order valence-corrected chi connectivity index (χ3v) is 4.07. The molecule has 2 unspecified atom stereocenters. The average molecular weight is 309 g/mol. The molecule has 0 rings (SSSR count). The molecule has 0 fully saturated rings. The van der Waals surface area contributed by atoms with Gasteiger partial charge in [0, 0.05) is 6.54 Å². The summed E-state index contributed by atoms with van der Waals surface area (Å²) in [5.41, 5.74) is 0. The Bertz CT molecular complexity index is 215. The second-order valence-corrected chi connectivity index (χ2v) is 5.81. The van der Waals surface area contributed by atoms with Crippen molar-refractivity contribution in [3.63, 3.8) is 0 Å². The minimum atomic E-state index is -0.241. The summed E-state index contributed by atoms with van der Waals surface area (Å²) >= 11 is 0. The molecule has 0 aliphatic heterocycles. The Hall–Kier alpha value is 0.270. The molecule has 0 aliphatic carbocycles. The van der Waals surface area contributed by atoms with Crippen LogP contribution >= 0.6 is 0 Å². The Morgan fingerprint density at radius 2 is 1.48 bits per heavy atom. The van der Waals surface area contributed by atoms with Crippen molar-refractivity contribution in [3.8, 4) is 0 Å². The topological polar surface area (TPSA) is 38.3 Å². The molecule has 0 aromatic carbocycles. The molecule has 2 atom stereocenters. The minimum absolute atomic E-state index is 0. The molecule has 0 aromatic rings. The first-order valence-electron chi connectivity index (χ1n) is 8.58. The van der Waals surface area contributed by atoms with Gasteiger partial charge in [-0.2, -0.15) is 0 Å². The number of carbonyl (C=O) groups is 1. The number of ether oxygens (including phenoxy) is 1. The first kappa shape index (κ1) is 23.5. The number of nitrogens with one attached hydrogen (secondary N) is 1. The van der Waals surface area contributed by atoms with E-state index in [1.807, 2.05) is 0 Å². The van der Waals surface area contributed by atoms with Gasteiger partial charge in [0.2, 0.25) is 0 Å². The van der Waals surface area contributed by atoms with Gasteiger partial charge in [0.25, 0.3) is 0 Å². The van der Waals surface area contributed by atoms with E-state index in [1.54, 1.807) is 0 Å². The number of hydrogen-bond donors (Lipinski definition) is 1. The van der Waals surface area contributed by atoms with E-state index in [0.29, 0.717) is 18.4 Å². The van der Waals surface area contributed by atoms with Crippen molar-refractivity contribution in [2.45, 2.75) is 79.1 Å². The van der Waals surface area contributed by atoms with Crippen molar-refractivity contribution in [2.24, 2.45) is 11.8 Å². The van der Waals surface area contributed by atoms with Crippen LogP contribution < -0.4 is 5.32 Å². The molecule has 0 aliphatic rings. The number of hydrogen-bond acceptors (Lipinski definition) is 2. The summed E-state index contributed by atoms with van der Waals surface area (Å²) in [4.78, 5) is 11.7. The van der Waals surface area contributed by atoms with Gasteiger partial charge in [-0.1, -0.05) is 66.2 Å². The molecule has 0 saturated heterocycles. The fraction of sp³-hybridized carbons (Fsp3) is 0.941. The van der Waals surface area contributed by atoms with E-state index >= 15 is 0 Å². The summed E-state index contributed by atoms with van der Waals surface area (Å²) in [7, 11) is 0. The summed E-state index contributed by atoms with van der Waals surface area (Å²) in [6.07, 6.45) is 9.21. The molecule has 0 bridgehead atoms. The van der Waals surface area contributed by atoms with Crippen LogP contribution in [-0.2, 0) is 4.74 Å². The first-order valence-corrected chi connectivity index (χ1v) is 8.58. The molecule has 21 heavy (non-hydrogen) atoms. The zero-order valence-corrected chi connectivity index (χ0v) is 14.0. The molecular formula is C17H36NNaO2. The summed E-state index contributed by atoms with van der Waals surface area (Å²) < 4.78 is 5.34. The number of amides is 1. The molecule has 3 nitrogen and oxygen atoms in total. The third-order valence-electron chi connectivity index (χ3n) is 4.07. The third kappa shape index (κ3) is 13.6. The maximum absolute atomic E-state index is 11.7. The van der Waals surface area contributed by atoms with Crippen molar-refractivity contribution in [3.05, 3.63) is 0 Å². The number of alkyl carbamates (subject to hydrolysis) is 1. The Kier molecular flexibility index (Phi) is 18.6. The normalized spacial score (nSPS) is 13.1. The van der Waals surface area contributed by atoms with Crippen LogP contribution in [0.3, 0.4) is 0 Å². The molecule has 0 heterocycles. The average Bonchev–Trinajstić information content (AvgIpc) is 2.47. The Labute approximate surface area is 154 Å². The van der Waals surface area contributed by atoms with Crippen LogP contribution in [0.4, 0.5) is 4.79 Å². The zero-order valence-electron chi connectivity index (χ0n) is 14.0. The number of carbonyl (C=O) groups excluding carboxylic acids is 1. The predicted molar refractivity (Wildman–Crippen MR) is 93.1 cm³/mol. The Morgan fingerprint density at radius 1 is 0.952 bits per heavy atom. The van der Waals surface area contributed by atoms with E-state index in [2.05, 4.69) is 33.0 Å². The van der Waals surface area contributed by atoms with Gasteiger partial charge in [-0.3, -0.25) is 0 Å². The molecule has 1 amide bonds. The van der Waals surface area contributed by atoms with Crippen molar-refractivity contribution < 1.29 is 9.53 Å². The van der Waals surface area contributed by atoms with Gasteiger partial charge in [0.05, 0.1) is 6.61 Å². The van der Waals surface area contributed by atoms with Crippen molar-refractivity contribution in [2.75, 3.05) is 13.2 Å². The van der Waals surface area contributed by atoms with Gasteiger partial charge >= 0.3 is 35.7 Å². The summed E-state index contributed by atoms with van der Waals surface area (Å²) in [6.45, 7) is 10.1. The van der Waals surface area contributed by atoms with Crippen LogP contribution in [0.2, 0.25) is 0 Å². The second-order valence-electron chi connectivity index (χ2n) is 5.81. The summed E-state index contributed by atoms with van der Waals surface area (Å²) in [5.74, 6) is 1.10.